The summed E-state index contributed by atoms with van der Waals surface area (Å²) in [5.74, 6) is -0.103. The lowest BCUT2D eigenvalue weighted by atomic mass is 10.0. The number of halogens is 2. The maximum absolute atomic E-state index is 13.1. The number of pyridine rings is 2. The van der Waals surface area contributed by atoms with Crippen molar-refractivity contribution in [3.05, 3.63) is 76.8 Å². The van der Waals surface area contributed by atoms with Crippen molar-refractivity contribution in [2.24, 2.45) is 0 Å². The highest BCUT2D eigenvalue weighted by Gasteiger charge is 2.20. The Morgan fingerprint density at radius 2 is 2.00 bits per heavy atom. The Morgan fingerprint density at radius 1 is 1.21 bits per heavy atom. The number of amides is 1. The molecule has 8 heteroatoms. The molecule has 3 aromatic heterocycles. The van der Waals surface area contributed by atoms with E-state index in [4.69, 9.17) is 11.6 Å². The van der Waals surface area contributed by atoms with Crippen LogP contribution in [0.5, 0.6) is 0 Å². The fourth-order valence-electron chi connectivity index (χ4n) is 3.03. The minimum Gasteiger partial charge on any atom is -0.276 e. The fraction of sp³-hybridized carbons (Fsp3) is 0.100. The third kappa shape index (κ3) is 3.72. The molecule has 4 rings (SSSR count). The van der Waals surface area contributed by atoms with Gasteiger partial charge in [0.1, 0.15) is 10.8 Å². The lowest BCUT2D eigenvalue weighted by Gasteiger charge is -2.15. The molecular weight excluding hydrogens is 489 g/mol. The minimum atomic E-state index is -0.103. The summed E-state index contributed by atoms with van der Waals surface area (Å²) >= 11 is 7.86. The van der Waals surface area contributed by atoms with Gasteiger partial charge < -0.3 is 0 Å². The molecule has 3 heterocycles. The van der Waals surface area contributed by atoms with Gasteiger partial charge in [0.25, 0.3) is 5.91 Å². The second-order valence-corrected chi connectivity index (χ2v) is 7.91. The molecule has 0 aliphatic rings. The number of H-pyrrole nitrogens is 1. The van der Waals surface area contributed by atoms with Crippen LogP contribution in [0.4, 0.5) is 0 Å². The average molecular weight is 504 g/mol. The zero-order valence-electron chi connectivity index (χ0n) is 14.9. The highest BCUT2D eigenvalue weighted by molar-refractivity contribution is 14.1. The average Bonchev–Trinajstić information content (AvgIpc) is 3.13. The standard InChI is InChI=1S/C20H15ClIN5O/c1-12-8-15-18(14-4-6-23-7-5-14)25-26-19(15)16(9-12)20(28)27(22)11-13-2-3-17(21)24-10-13/h2-10H,11H2,1H3,(H,25,26). The minimum absolute atomic E-state index is 0.103. The van der Waals surface area contributed by atoms with Gasteiger partial charge in [0.15, 0.2) is 0 Å². The van der Waals surface area contributed by atoms with Crippen LogP contribution in [0, 0.1) is 6.92 Å². The monoisotopic (exact) mass is 503 g/mol. The van der Waals surface area contributed by atoms with Gasteiger partial charge in [0.2, 0.25) is 0 Å². The number of aryl methyl sites for hydroxylation is 1. The lowest BCUT2D eigenvalue weighted by molar-refractivity contribution is 0.0885. The second kappa shape index (κ2) is 7.84. The van der Waals surface area contributed by atoms with Gasteiger partial charge in [0, 0.05) is 29.5 Å². The van der Waals surface area contributed by atoms with Gasteiger partial charge in [-0.3, -0.25) is 18.0 Å². The van der Waals surface area contributed by atoms with Crippen LogP contribution in [0.3, 0.4) is 0 Å². The third-order valence-corrected chi connectivity index (χ3v) is 5.33. The summed E-state index contributed by atoms with van der Waals surface area (Å²) < 4.78 is 1.63. The van der Waals surface area contributed by atoms with Crippen LogP contribution >= 0.6 is 34.5 Å². The molecule has 0 fully saturated rings. The van der Waals surface area contributed by atoms with E-state index in [0.717, 1.165) is 33.3 Å². The van der Waals surface area contributed by atoms with E-state index in [9.17, 15) is 4.79 Å². The zero-order valence-corrected chi connectivity index (χ0v) is 17.8. The Hall–Kier alpha value is -2.52. The van der Waals surface area contributed by atoms with Crippen LogP contribution in [0.1, 0.15) is 21.5 Å². The van der Waals surface area contributed by atoms with Crippen molar-refractivity contribution < 1.29 is 4.79 Å². The lowest BCUT2D eigenvalue weighted by Crippen LogP contribution is -2.21. The van der Waals surface area contributed by atoms with Crippen molar-refractivity contribution in [2.45, 2.75) is 13.5 Å². The summed E-state index contributed by atoms with van der Waals surface area (Å²) in [5, 5.41) is 8.83. The highest BCUT2D eigenvalue weighted by atomic mass is 127. The van der Waals surface area contributed by atoms with Crippen LogP contribution in [-0.2, 0) is 6.54 Å². The van der Waals surface area contributed by atoms with E-state index < -0.39 is 0 Å². The van der Waals surface area contributed by atoms with Gasteiger partial charge in [-0.1, -0.05) is 17.7 Å². The summed E-state index contributed by atoms with van der Waals surface area (Å²) in [7, 11) is 0. The summed E-state index contributed by atoms with van der Waals surface area (Å²) in [5.41, 5.74) is 4.95. The van der Waals surface area contributed by atoms with Crippen LogP contribution < -0.4 is 0 Å². The van der Waals surface area contributed by atoms with E-state index in [2.05, 4.69) is 20.2 Å². The van der Waals surface area contributed by atoms with Crippen LogP contribution in [0.25, 0.3) is 22.2 Å². The van der Waals surface area contributed by atoms with Crippen molar-refractivity contribution in [3.63, 3.8) is 0 Å². The Balaban J connectivity index is 1.71. The first kappa shape index (κ1) is 18.8. The molecule has 4 aromatic rings. The summed E-state index contributed by atoms with van der Waals surface area (Å²) in [6.07, 6.45) is 5.12. The molecule has 0 spiro atoms. The first-order chi connectivity index (χ1) is 13.5. The number of aromatic nitrogens is 4. The predicted molar refractivity (Wildman–Crippen MR) is 117 cm³/mol. The smallest absolute Gasteiger partial charge is 0.265 e. The van der Waals surface area contributed by atoms with Crippen molar-refractivity contribution in [1.29, 1.82) is 0 Å². The molecule has 0 saturated heterocycles. The summed E-state index contributed by atoms with van der Waals surface area (Å²) in [6, 6.07) is 11.3. The molecule has 0 radical (unpaired) electrons. The number of fused-ring (bicyclic) bond motifs is 1. The maximum atomic E-state index is 13.1. The van der Waals surface area contributed by atoms with E-state index in [1.54, 1.807) is 27.8 Å². The molecule has 1 N–H and O–H groups in total. The van der Waals surface area contributed by atoms with E-state index in [1.807, 2.05) is 60.1 Å². The number of nitrogens with zero attached hydrogens (tertiary/aromatic N) is 4. The second-order valence-electron chi connectivity index (χ2n) is 6.36. The van der Waals surface area contributed by atoms with Gasteiger partial charge >= 0.3 is 0 Å². The molecule has 0 aliphatic heterocycles. The normalized spacial score (nSPS) is 11.0. The Kier molecular flexibility index (Phi) is 5.27. The van der Waals surface area contributed by atoms with Crippen LogP contribution in [0.2, 0.25) is 5.15 Å². The Labute approximate surface area is 180 Å². The van der Waals surface area contributed by atoms with E-state index in [0.29, 0.717) is 17.3 Å². The molecule has 28 heavy (non-hydrogen) atoms. The number of hydrogen-bond acceptors (Lipinski definition) is 4. The zero-order chi connectivity index (χ0) is 19.7. The SMILES string of the molecule is Cc1cc(C(=O)N(I)Cc2ccc(Cl)nc2)c2[nH]nc(-c3ccncc3)c2c1. The van der Waals surface area contributed by atoms with Crippen molar-refractivity contribution >= 4 is 51.3 Å². The molecule has 1 amide bonds. The molecule has 0 saturated carbocycles. The quantitative estimate of drug-likeness (QED) is 0.242. The van der Waals surface area contributed by atoms with Crippen LogP contribution in [-0.4, -0.2) is 29.2 Å². The largest absolute Gasteiger partial charge is 0.276 e. The van der Waals surface area contributed by atoms with Crippen LogP contribution in [0.15, 0.2) is 55.0 Å². The van der Waals surface area contributed by atoms with Crippen molar-refractivity contribution in [3.8, 4) is 11.3 Å². The fourth-order valence-corrected chi connectivity index (χ4v) is 3.79. The number of benzene rings is 1. The van der Waals surface area contributed by atoms with Crippen molar-refractivity contribution in [2.75, 3.05) is 0 Å². The number of carbonyl (C=O) groups excluding carboxylic acids is 1. The number of carbonyl (C=O) groups is 1. The van der Waals surface area contributed by atoms with E-state index in [-0.39, 0.29) is 5.91 Å². The Bertz CT molecular complexity index is 1140. The third-order valence-electron chi connectivity index (χ3n) is 4.33. The molecule has 0 atom stereocenters. The topological polar surface area (TPSA) is 74.8 Å². The first-order valence-corrected chi connectivity index (χ1v) is 9.84. The molecule has 140 valence electrons. The number of aromatic amines is 1. The molecule has 0 unspecified atom stereocenters. The molecular formula is C20H15ClIN5O. The van der Waals surface area contributed by atoms with Gasteiger partial charge in [-0.15, -0.1) is 0 Å². The van der Waals surface area contributed by atoms with Gasteiger partial charge in [-0.25, -0.2) is 4.98 Å². The molecule has 1 aromatic carbocycles. The van der Waals surface area contributed by atoms with E-state index in [1.165, 1.54) is 0 Å². The summed E-state index contributed by atoms with van der Waals surface area (Å²) in [4.78, 5) is 21.3. The summed E-state index contributed by atoms with van der Waals surface area (Å²) in [6.45, 7) is 2.39. The Morgan fingerprint density at radius 3 is 2.71 bits per heavy atom. The van der Waals surface area contributed by atoms with Gasteiger partial charge in [-0.2, -0.15) is 5.10 Å². The first-order valence-electron chi connectivity index (χ1n) is 8.50. The van der Waals surface area contributed by atoms with Gasteiger partial charge in [0.05, 0.1) is 40.5 Å². The molecule has 0 aliphatic carbocycles. The molecule has 6 nitrogen and oxygen atoms in total. The maximum Gasteiger partial charge on any atom is 0.265 e. The number of rotatable bonds is 4. The molecule has 0 bridgehead atoms. The van der Waals surface area contributed by atoms with Crippen molar-refractivity contribution in [1.82, 2.24) is 23.3 Å². The van der Waals surface area contributed by atoms with Gasteiger partial charge in [-0.05, 0) is 48.4 Å². The van der Waals surface area contributed by atoms with E-state index >= 15 is 0 Å². The number of nitrogens with one attached hydrogen (secondary N) is 1. The highest BCUT2D eigenvalue weighted by Crippen LogP contribution is 2.30. The predicted octanol–water partition coefficient (Wildman–Crippen LogP) is 4.97. The number of hydrogen-bond donors (Lipinski definition) is 1.